The van der Waals surface area contributed by atoms with Crippen molar-refractivity contribution in [1.82, 2.24) is 9.97 Å². The molecule has 1 aromatic rings. The average Bonchev–Trinajstić information content (AvgIpc) is 2.62. The van der Waals surface area contributed by atoms with Crippen molar-refractivity contribution in [3.8, 4) is 0 Å². The highest BCUT2D eigenvalue weighted by Crippen LogP contribution is 2.37. The second kappa shape index (κ2) is 4.17. The molecule has 0 bridgehead atoms. The van der Waals surface area contributed by atoms with Gasteiger partial charge in [-0.05, 0) is 19.8 Å². The summed E-state index contributed by atoms with van der Waals surface area (Å²) in [6.07, 6.45) is 7.35. The summed E-state index contributed by atoms with van der Waals surface area (Å²) in [4.78, 5) is 19.8. The molecule has 1 fully saturated rings. The van der Waals surface area contributed by atoms with Gasteiger partial charge in [-0.2, -0.15) is 0 Å². The van der Waals surface area contributed by atoms with Crippen LogP contribution in [0.5, 0.6) is 0 Å². The molecule has 1 aliphatic carbocycles. The Morgan fingerprint density at radius 2 is 2.25 bits per heavy atom. The van der Waals surface area contributed by atoms with Gasteiger partial charge in [0.25, 0.3) is 0 Å². The number of nitrogens with zero attached hydrogens (tertiary/aromatic N) is 2. The molecule has 2 unspecified atom stereocenters. The highest BCUT2D eigenvalue weighted by molar-refractivity contribution is 5.95. The Morgan fingerprint density at radius 3 is 2.81 bits per heavy atom. The van der Waals surface area contributed by atoms with Crippen molar-refractivity contribution < 1.29 is 4.79 Å². The molecule has 3 N–H and O–H groups in total. The minimum atomic E-state index is -0.462. The van der Waals surface area contributed by atoms with E-state index in [9.17, 15) is 4.79 Å². The fourth-order valence-corrected chi connectivity index (χ4v) is 2.11. The van der Waals surface area contributed by atoms with Gasteiger partial charge in [0.15, 0.2) is 0 Å². The number of carbonyl (C=O) groups excluding carboxylic acids is 1. The lowest BCUT2D eigenvalue weighted by Gasteiger charge is -2.27. The predicted molar refractivity (Wildman–Crippen MR) is 60.6 cm³/mol. The first-order chi connectivity index (χ1) is 7.63. The van der Waals surface area contributed by atoms with Crippen LogP contribution in [-0.2, 0) is 4.79 Å². The molecule has 2 atom stereocenters. The molecule has 1 amide bonds. The Bertz CT molecular complexity index is 381. The third-order valence-electron chi connectivity index (χ3n) is 3.37. The van der Waals surface area contributed by atoms with Gasteiger partial charge in [-0.1, -0.05) is 6.42 Å². The fraction of sp³-hybridized carbons (Fsp3) is 0.545. The van der Waals surface area contributed by atoms with Crippen molar-refractivity contribution in [3.05, 3.63) is 18.7 Å². The maximum absolute atomic E-state index is 12.1. The van der Waals surface area contributed by atoms with E-state index < -0.39 is 5.41 Å². The lowest BCUT2D eigenvalue weighted by atomic mass is 9.84. The molecule has 5 nitrogen and oxygen atoms in total. The van der Waals surface area contributed by atoms with Crippen molar-refractivity contribution in [2.75, 3.05) is 5.32 Å². The molecule has 86 valence electrons. The van der Waals surface area contributed by atoms with Crippen LogP contribution < -0.4 is 11.1 Å². The largest absolute Gasteiger partial charge is 0.327 e. The number of aromatic nitrogens is 2. The van der Waals surface area contributed by atoms with Crippen molar-refractivity contribution in [3.63, 3.8) is 0 Å². The maximum Gasteiger partial charge on any atom is 0.231 e. The zero-order valence-corrected chi connectivity index (χ0v) is 9.31. The van der Waals surface area contributed by atoms with E-state index in [1.807, 2.05) is 6.92 Å². The Labute approximate surface area is 94.5 Å². The summed E-state index contributed by atoms with van der Waals surface area (Å²) in [5.41, 5.74) is 6.13. The number of nitrogens with one attached hydrogen (secondary N) is 1. The Hall–Kier alpha value is -1.49. The van der Waals surface area contributed by atoms with E-state index >= 15 is 0 Å². The van der Waals surface area contributed by atoms with Crippen molar-refractivity contribution in [2.24, 2.45) is 11.1 Å². The molecule has 2 rings (SSSR count). The Kier molecular flexibility index (Phi) is 2.87. The summed E-state index contributed by atoms with van der Waals surface area (Å²) in [5, 5.41) is 2.81. The van der Waals surface area contributed by atoms with Crippen LogP contribution in [0.1, 0.15) is 26.2 Å². The minimum absolute atomic E-state index is 0.0349. The normalized spacial score (nSPS) is 29.0. The summed E-state index contributed by atoms with van der Waals surface area (Å²) in [5.74, 6) is -0.0349. The SMILES string of the molecule is CC1(C(=O)Nc2cncnc2)CCCC1N. The maximum atomic E-state index is 12.1. The monoisotopic (exact) mass is 220 g/mol. The number of hydrogen-bond donors (Lipinski definition) is 2. The van der Waals surface area contributed by atoms with Crippen molar-refractivity contribution in [1.29, 1.82) is 0 Å². The first kappa shape index (κ1) is 11.0. The van der Waals surface area contributed by atoms with Crippen LogP contribution in [0.2, 0.25) is 0 Å². The summed E-state index contributed by atoms with van der Waals surface area (Å²) >= 11 is 0. The molecule has 0 aliphatic heterocycles. The third-order valence-corrected chi connectivity index (χ3v) is 3.37. The summed E-state index contributed by atoms with van der Waals surface area (Å²) in [6.45, 7) is 1.92. The summed E-state index contributed by atoms with van der Waals surface area (Å²) in [6, 6.07) is -0.0582. The van der Waals surface area contributed by atoms with Crippen LogP contribution in [0.25, 0.3) is 0 Å². The van der Waals surface area contributed by atoms with Gasteiger partial charge in [0.2, 0.25) is 5.91 Å². The molecule has 0 spiro atoms. The van der Waals surface area contributed by atoms with Crippen LogP contribution in [0.15, 0.2) is 18.7 Å². The van der Waals surface area contributed by atoms with Crippen LogP contribution in [0.4, 0.5) is 5.69 Å². The predicted octanol–water partition coefficient (Wildman–Crippen LogP) is 0.933. The molecule has 1 saturated carbocycles. The van der Waals surface area contributed by atoms with E-state index in [0.29, 0.717) is 5.69 Å². The zero-order valence-electron chi connectivity index (χ0n) is 9.31. The number of rotatable bonds is 2. The lowest BCUT2D eigenvalue weighted by Crippen LogP contribution is -2.44. The standard InChI is InChI=1S/C11H16N4O/c1-11(4-2-3-9(11)12)10(16)15-8-5-13-7-14-6-8/h5-7,9H,2-4,12H2,1H3,(H,15,16). The van der Waals surface area contributed by atoms with Gasteiger partial charge in [-0.3, -0.25) is 4.79 Å². The van der Waals surface area contributed by atoms with Gasteiger partial charge in [0.05, 0.1) is 23.5 Å². The quantitative estimate of drug-likeness (QED) is 0.777. The topological polar surface area (TPSA) is 80.9 Å². The third kappa shape index (κ3) is 1.90. The second-order valence-electron chi connectivity index (χ2n) is 4.50. The first-order valence-corrected chi connectivity index (χ1v) is 5.45. The minimum Gasteiger partial charge on any atom is -0.327 e. The van der Waals surface area contributed by atoms with Gasteiger partial charge in [-0.15, -0.1) is 0 Å². The van der Waals surface area contributed by atoms with E-state index in [-0.39, 0.29) is 11.9 Å². The highest BCUT2D eigenvalue weighted by atomic mass is 16.2. The van der Waals surface area contributed by atoms with E-state index in [0.717, 1.165) is 19.3 Å². The van der Waals surface area contributed by atoms with E-state index in [1.54, 1.807) is 12.4 Å². The smallest absolute Gasteiger partial charge is 0.231 e. The number of hydrogen-bond acceptors (Lipinski definition) is 4. The second-order valence-corrected chi connectivity index (χ2v) is 4.50. The average molecular weight is 220 g/mol. The molecular weight excluding hydrogens is 204 g/mol. The van der Waals surface area contributed by atoms with Gasteiger partial charge < -0.3 is 11.1 Å². The summed E-state index contributed by atoms with van der Waals surface area (Å²) < 4.78 is 0. The van der Waals surface area contributed by atoms with E-state index in [1.165, 1.54) is 6.33 Å². The first-order valence-electron chi connectivity index (χ1n) is 5.45. The summed E-state index contributed by atoms with van der Waals surface area (Å²) in [7, 11) is 0. The van der Waals surface area contributed by atoms with Crippen LogP contribution >= 0.6 is 0 Å². The lowest BCUT2D eigenvalue weighted by molar-refractivity contribution is -0.125. The molecule has 1 heterocycles. The molecule has 5 heteroatoms. The van der Waals surface area contributed by atoms with Crippen molar-refractivity contribution >= 4 is 11.6 Å². The van der Waals surface area contributed by atoms with Crippen LogP contribution in [0.3, 0.4) is 0 Å². The molecular formula is C11H16N4O. The van der Waals surface area contributed by atoms with Gasteiger partial charge >= 0.3 is 0 Å². The molecule has 16 heavy (non-hydrogen) atoms. The Morgan fingerprint density at radius 1 is 1.56 bits per heavy atom. The zero-order chi connectivity index (χ0) is 11.6. The number of amides is 1. The van der Waals surface area contributed by atoms with E-state index in [4.69, 9.17) is 5.73 Å². The molecule has 0 radical (unpaired) electrons. The van der Waals surface area contributed by atoms with Gasteiger partial charge in [-0.25, -0.2) is 9.97 Å². The number of nitrogens with two attached hydrogens (primary N) is 1. The Balaban J connectivity index is 2.09. The molecule has 1 aromatic heterocycles. The molecule has 0 aromatic carbocycles. The number of carbonyl (C=O) groups is 1. The van der Waals surface area contributed by atoms with Crippen LogP contribution in [-0.4, -0.2) is 21.9 Å². The molecule has 1 aliphatic rings. The van der Waals surface area contributed by atoms with Gasteiger partial charge in [0.1, 0.15) is 6.33 Å². The highest BCUT2D eigenvalue weighted by Gasteiger charge is 2.42. The fourth-order valence-electron chi connectivity index (χ4n) is 2.11. The van der Waals surface area contributed by atoms with Crippen LogP contribution in [0, 0.1) is 5.41 Å². The van der Waals surface area contributed by atoms with Crippen molar-refractivity contribution in [2.45, 2.75) is 32.2 Å². The molecule has 0 saturated heterocycles. The van der Waals surface area contributed by atoms with E-state index in [2.05, 4.69) is 15.3 Å². The number of anilines is 1. The van der Waals surface area contributed by atoms with Gasteiger partial charge in [0, 0.05) is 6.04 Å².